The first-order chi connectivity index (χ1) is 9.60. The van der Waals surface area contributed by atoms with E-state index in [2.05, 4.69) is 21.2 Å². The maximum atomic E-state index is 12.1. The van der Waals surface area contributed by atoms with Gasteiger partial charge in [-0.2, -0.15) is 0 Å². The van der Waals surface area contributed by atoms with Crippen molar-refractivity contribution in [3.8, 4) is 5.75 Å². The molecule has 4 nitrogen and oxygen atoms in total. The normalized spacial score (nSPS) is 10.1. The fourth-order valence-electron chi connectivity index (χ4n) is 1.69. The Morgan fingerprint density at radius 2 is 1.95 bits per heavy atom. The molecule has 0 unspecified atom stereocenters. The van der Waals surface area contributed by atoms with Crippen molar-refractivity contribution in [3.63, 3.8) is 0 Å². The zero-order valence-corrected chi connectivity index (χ0v) is 12.6. The second-order valence-electron chi connectivity index (χ2n) is 4.15. The SMILES string of the molecule is CCOc1ccc(C(=O)Nc2ccc(Br)c(N)c2)cc1. The maximum Gasteiger partial charge on any atom is 0.255 e. The van der Waals surface area contributed by atoms with Crippen LogP contribution < -0.4 is 15.8 Å². The molecule has 0 aliphatic heterocycles. The second-order valence-corrected chi connectivity index (χ2v) is 5.00. The Morgan fingerprint density at radius 1 is 1.25 bits per heavy atom. The molecule has 3 N–H and O–H groups in total. The smallest absolute Gasteiger partial charge is 0.255 e. The molecule has 0 radical (unpaired) electrons. The van der Waals surface area contributed by atoms with E-state index in [1.165, 1.54) is 0 Å². The number of nitrogens with one attached hydrogen (secondary N) is 1. The largest absolute Gasteiger partial charge is 0.494 e. The van der Waals surface area contributed by atoms with Crippen LogP contribution in [0.3, 0.4) is 0 Å². The van der Waals surface area contributed by atoms with Gasteiger partial charge in [0.2, 0.25) is 0 Å². The molecule has 0 bridgehead atoms. The van der Waals surface area contributed by atoms with E-state index in [4.69, 9.17) is 10.5 Å². The minimum absolute atomic E-state index is 0.185. The van der Waals surface area contributed by atoms with Crippen LogP contribution in [0, 0.1) is 0 Å². The summed E-state index contributed by atoms with van der Waals surface area (Å²) in [5.41, 5.74) is 7.57. The summed E-state index contributed by atoms with van der Waals surface area (Å²) in [5, 5.41) is 2.80. The lowest BCUT2D eigenvalue weighted by molar-refractivity contribution is 0.102. The topological polar surface area (TPSA) is 64.3 Å². The first kappa shape index (κ1) is 14.4. The average Bonchev–Trinajstić information content (AvgIpc) is 2.44. The van der Waals surface area contributed by atoms with E-state index in [0.717, 1.165) is 10.2 Å². The number of rotatable bonds is 4. The fourth-order valence-corrected chi connectivity index (χ4v) is 1.94. The molecule has 104 valence electrons. The van der Waals surface area contributed by atoms with E-state index < -0.39 is 0 Å². The summed E-state index contributed by atoms with van der Waals surface area (Å²) in [6.07, 6.45) is 0. The number of carbonyl (C=O) groups is 1. The minimum atomic E-state index is -0.185. The first-order valence-corrected chi connectivity index (χ1v) is 6.98. The number of benzene rings is 2. The molecule has 5 heteroatoms. The standard InChI is InChI=1S/C15H15BrN2O2/c1-2-20-12-6-3-10(4-7-12)15(19)18-11-5-8-13(16)14(17)9-11/h3-9H,2,17H2,1H3,(H,18,19). The van der Waals surface area contributed by atoms with Crippen LogP contribution in [0.4, 0.5) is 11.4 Å². The van der Waals surface area contributed by atoms with Gasteiger partial charge in [-0.3, -0.25) is 4.79 Å². The van der Waals surface area contributed by atoms with Gasteiger partial charge in [0, 0.05) is 21.4 Å². The molecule has 0 aliphatic carbocycles. The number of hydrogen-bond acceptors (Lipinski definition) is 3. The number of hydrogen-bond donors (Lipinski definition) is 2. The summed E-state index contributed by atoms with van der Waals surface area (Å²) in [6.45, 7) is 2.52. The van der Waals surface area contributed by atoms with Crippen LogP contribution in [0.5, 0.6) is 5.75 Å². The molecular weight excluding hydrogens is 320 g/mol. The third-order valence-corrected chi connectivity index (χ3v) is 3.40. The van der Waals surface area contributed by atoms with Gasteiger partial charge in [0.25, 0.3) is 5.91 Å². The molecule has 0 saturated heterocycles. The Kier molecular flexibility index (Phi) is 4.63. The highest BCUT2D eigenvalue weighted by molar-refractivity contribution is 9.10. The van der Waals surface area contributed by atoms with Crippen molar-refractivity contribution in [1.29, 1.82) is 0 Å². The van der Waals surface area contributed by atoms with Crippen molar-refractivity contribution >= 4 is 33.2 Å². The molecule has 20 heavy (non-hydrogen) atoms. The summed E-state index contributed by atoms with van der Waals surface area (Å²) >= 11 is 3.31. The lowest BCUT2D eigenvalue weighted by Crippen LogP contribution is -2.12. The van der Waals surface area contributed by atoms with Crippen LogP contribution in [-0.2, 0) is 0 Å². The number of anilines is 2. The number of carbonyl (C=O) groups excluding carboxylic acids is 1. The highest BCUT2D eigenvalue weighted by Crippen LogP contribution is 2.23. The molecule has 2 aromatic rings. The summed E-state index contributed by atoms with van der Waals surface area (Å²) in [6, 6.07) is 12.3. The quantitative estimate of drug-likeness (QED) is 0.838. The summed E-state index contributed by atoms with van der Waals surface area (Å²) < 4.78 is 6.14. The van der Waals surface area contributed by atoms with Crippen molar-refractivity contribution in [1.82, 2.24) is 0 Å². The summed E-state index contributed by atoms with van der Waals surface area (Å²) in [5.74, 6) is 0.562. The van der Waals surface area contributed by atoms with Crippen LogP contribution in [0.1, 0.15) is 17.3 Å². The summed E-state index contributed by atoms with van der Waals surface area (Å²) in [4.78, 5) is 12.1. The van der Waals surface area contributed by atoms with Crippen molar-refractivity contribution in [3.05, 3.63) is 52.5 Å². The summed E-state index contributed by atoms with van der Waals surface area (Å²) in [7, 11) is 0. The van der Waals surface area contributed by atoms with Gasteiger partial charge in [-0.1, -0.05) is 0 Å². The highest BCUT2D eigenvalue weighted by Gasteiger charge is 2.07. The number of nitrogen functional groups attached to an aromatic ring is 1. The van der Waals surface area contributed by atoms with Crippen LogP contribution in [-0.4, -0.2) is 12.5 Å². The van der Waals surface area contributed by atoms with Crippen molar-refractivity contribution in [2.24, 2.45) is 0 Å². The highest BCUT2D eigenvalue weighted by atomic mass is 79.9. The molecular formula is C15H15BrN2O2. The fraction of sp³-hybridized carbons (Fsp3) is 0.133. The zero-order valence-electron chi connectivity index (χ0n) is 11.0. The van der Waals surface area contributed by atoms with Crippen LogP contribution >= 0.6 is 15.9 Å². The molecule has 2 rings (SSSR count). The van der Waals surface area contributed by atoms with E-state index >= 15 is 0 Å². The van der Waals surface area contributed by atoms with E-state index in [0.29, 0.717) is 23.5 Å². The molecule has 0 spiro atoms. The van der Waals surface area contributed by atoms with Crippen molar-refractivity contribution < 1.29 is 9.53 Å². The van der Waals surface area contributed by atoms with Gasteiger partial charge in [-0.15, -0.1) is 0 Å². The zero-order chi connectivity index (χ0) is 14.5. The molecule has 0 aromatic heterocycles. The van der Waals surface area contributed by atoms with Crippen LogP contribution in [0.2, 0.25) is 0 Å². The molecule has 0 saturated carbocycles. The van der Waals surface area contributed by atoms with E-state index in [-0.39, 0.29) is 5.91 Å². The molecule has 0 heterocycles. The molecule has 0 atom stereocenters. The Labute approximate surface area is 126 Å². The Morgan fingerprint density at radius 3 is 2.55 bits per heavy atom. The van der Waals surface area contributed by atoms with Gasteiger partial charge in [-0.25, -0.2) is 0 Å². The molecule has 0 aliphatic rings. The van der Waals surface area contributed by atoms with Crippen molar-refractivity contribution in [2.45, 2.75) is 6.92 Å². The lowest BCUT2D eigenvalue weighted by Gasteiger charge is -2.08. The Hall–Kier alpha value is -2.01. The predicted octanol–water partition coefficient (Wildman–Crippen LogP) is 3.68. The maximum absolute atomic E-state index is 12.1. The molecule has 0 fully saturated rings. The van der Waals surface area contributed by atoms with Crippen LogP contribution in [0.15, 0.2) is 46.9 Å². The number of amides is 1. The van der Waals surface area contributed by atoms with Gasteiger partial charge in [0.1, 0.15) is 5.75 Å². The third-order valence-electron chi connectivity index (χ3n) is 2.68. The van der Waals surface area contributed by atoms with Gasteiger partial charge >= 0.3 is 0 Å². The van der Waals surface area contributed by atoms with Gasteiger partial charge in [0.05, 0.1) is 6.61 Å². The Bertz CT molecular complexity index is 612. The first-order valence-electron chi connectivity index (χ1n) is 6.19. The predicted molar refractivity (Wildman–Crippen MR) is 84.1 cm³/mol. The minimum Gasteiger partial charge on any atom is -0.494 e. The van der Waals surface area contributed by atoms with E-state index in [1.54, 1.807) is 42.5 Å². The molecule has 1 amide bonds. The van der Waals surface area contributed by atoms with Gasteiger partial charge in [0.15, 0.2) is 0 Å². The van der Waals surface area contributed by atoms with E-state index in [1.807, 2.05) is 6.92 Å². The number of nitrogens with two attached hydrogens (primary N) is 1. The molecule has 2 aromatic carbocycles. The van der Waals surface area contributed by atoms with Crippen LogP contribution in [0.25, 0.3) is 0 Å². The van der Waals surface area contributed by atoms with Gasteiger partial charge < -0.3 is 15.8 Å². The number of halogens is 1. The Balaban J connectivity index is 2.09. The van der Waals surface area contributed by atoms with E-state index in [9.17, 15) is 4.79 Å². The average molecular weight is 335 g/mol. The lowest BCUT2D eigenvalue weighted by atomic mass is 10.2. The third kappa shape index (κ3) is 3.51. The van der Waals surface area contributed by atoms with Crippen molar-refractivity contribution in [2.75, 3.05) is 17.7 Å². The second kappa shape index (κ2) is 6.43. The van der Waals surface area contributed by atoms with Gasteiger partial charge in [-0.05, 0) is 65.3 Å². The number of ether oxygens (including phenoxy) is 1. The monoisotopic (exact) mass is 334 g/mol.